The molecular weight excluding hydrogens is 409 g/mol. The van der Waals surface area contributed by atoms with Gasteiger partial charge in [0, 0.05) is 46.1 Å². The van der Waals surface area contributed by atoms with Gasteiger partial charge in [-0.3, -0.25) is 14.9 Å². The van der Waals surface area contributed by atoms with Crippen molar-refractivity contribution in [3.8, 4) is 0 Å². The number of nitrogens with zero attached hydrogens (tertiary/aromatic N) is 2. The van der Waals surface area contributed by atoms with Gasteiger partial charge in [-0.25, -0.2) is 0 Å². The summed E-state index contributed by atoms with van der Waals surface area (Å²) in [6, 6.07) is 11.7. The smallest absolute Gasteiger partial charge is 0.270 e. The number of hydrogen-bond acceptors (Lipinski definition) is 5. The predicted octanol–water partition coefficient (Wildman–Crippen LogP) is 4.38. The van der Waals surface area contributed by atoms with Gasteiger partial charge in [0.1, 0.15) is 0 Å². The number of piperidine rings is 1. The van der Waals surface area contributed by atoms with Crippen molar-refractivity contribution in [1.29, 1.82) is 0 Å². The van der Waals surface area contributed by atoms with Crippen molar-refractivity contribution in [3.63, 3.8) is 0 Å². The lowest BCUT2D eigenvalue weighted by atomic mass is 10.0. The van der Waals surface area contributed by atoms with Gasteiger partial charge in [0.2, 0.25) is 0 Å². The van der Waals surface area contributed by atoms with Gasteiger partial charge in [0.15, 0.2) is 0 Å². The molecule has 0 aromatic heterocycles. The number of benzene rings is 2. The number of nitrogens with two attached hydrogens (primary N) is 1. The third-order valence-electron chi connectivity index (χ3n) is 4.27. The fraction of sp³-hybridized carbons (Fsp3) is 0.278. The molecule has 1 aliphatic heterocycles. The lowest BCUT2D eigenvalue weighted by Gasteiger charge is -2.30. The Balaban J connectivity index is 0.00000261. The molecule has 1 amide bonds. The van der Waals surface area contributed by atoms with Crippen LogP contribution in [0.5, 0.6) is 0 Å². The first kappa shape index (κ1) is 21.5. The molecule has 0 unspecified atom stereocenters. The minimum absolute atomic E-state index is 0. The SMILES string of the molecule is Cl.NC1CCN(C(=O)c2cc([N+](=O)[O-])ccc2Sc2ccc(Cl)cc2)CC1. The van der Waals surface area contributed by atoms with Gasteiger partial charge in [-0.15, -0.1) is 12.4 Å². The Kier molecular flexibility index (Phi) is 7.49. The number of nitro benzene ring substituents is 1. The van der Waals surface area contributed by atoms with Crippen molar-refractivity contribution in [2.45, 2.75) is 28.7 Å². The van der Waals surface area contributed by atoms with Crippen molar-refractivity contribution < 1.29 is 9.72 Å². The molecule has 0 radical (unpaired) electrons. The molecule has 1 fully saturated rings. The second kappa shape index (κ2) is 9.41. The Bertz CT molecular complexity index is 825. The molecular formula is C18H19Cl2N3O3S. The zero-order valence-corrected chi connectivity index (χ0v) is 16.7. The van der Waals surface area contributed by atoms with E-state index in [-0.39, 0.29) is 30.0 Å². The fourth-order valence-corrected chi connectivity index (χ4v) is 3.83. The monoisotopic (exact) mass is 427 g/mol. The summed E-state index contributed by atoms with van der Waals surface area (Å²) < 4.78 is 0. The van der Waals surface area contributed by atoms with E-state index in [1.165, 1.54) is 23.9 Å². The van der Waals surface area contributed by atoms with E-state index in [1.54, 1.807) is 23.1 Å². The highest BCUT2D eigenvalue weighted by molar-refractivity contribution is 7.99. The zero-order valence-electron chi connectivity index (χ0n) is 14.3. The molecule has 3 rings (SSSR count). The van der Waals surface area contributed by atoms with E-state index in [1.807, 2.05) is 12.1 Å². The fourth-order valence-electron chi connectivity index (χ4n) is 2.79. The maximum atomic E-state index is 13.0. The van der Waals surface area contributed by atoms with Crippen LogP contribution in [0.15, 0.2) is 52.3 Å². The van der Waals surface area contributed by atoms with Gasteiger partial charge in [-0.05, 0) is 43.2 Å². The van der Waals surface area contributed by atoms with Gasteiger partial charge in [0.25, 0.3) is 11.6 Å². The summed E-state index contributed by atoms with van der Waals surface area (Å²) in [7, 11) is 0. The van der Waals surface area contributed by atoms with Crippen molar-refractivity contribution in [3.05, 3.63) is 63.2 Å². The predicted molar refractivity (Wildman–Crippen MR) is 109 cm³/mol. The molecule has 144 valence electrons. The molecule has 0 atom stereocenters. The summed E-state index contributed by atoms with van der Waals surface area (Å²) >= 11 is 7.29. The molecule has 2 N–H and O–H groups in total. The molecule has 1 aliphatic rings. The number of carbonyl (C=O) groups excluding carboxylic acids is 1. The van der Waals surface area contributed by atoms with E-state index in [0.29, 0.717) is 28.6 Å². The van der Waals surface area contributed by atoms with Crippen LogP contribution in [0.3, 0.4) is 0 Å². The van der Waals surface area contributed by atoms with E-state index < -0.39 is 4.92 Å². The highest BCUT2D eigenvalue weighted by Gasteiger charge is 2.25. The van der Waals surface area contributed by atoms with Crippen LogP contribution in [0.1, 0.15) is 23.2 Å². The Morgan fingerprint density at radius 1 is 1.19 bits per heavy atom. The minimum Gasteiger partial charge on any atom is -0.338 e. The van der Waals surface area contributed by atoms with Crippen LogP contribution in [0, 0.1) is 10.1 Å². The number of amides is 1. The average Bonchev–Trinajstić information content (AvgIpc) is 2.64. The van der Waals surface area contributed by atoms with Crippen LogP contribution in [-0.4, -0.2) is 34.9 Å². The standard InChI is InChI=1S/C18H18ClN3O3S.ClH/c19-12-1-4-15(5-2-12)26-17-6-3-14(22(24)25)11-16(17)18(23)21-9-7-13(20)8-10-21;/h1-6,11,13H,7-10,20H2;1H. The third-order valence-corrected chi connectivity index (χ3v) is 5.61. The highest BCUT2D eigenvalue weighted by atomic mass is 35.5. The summed E-state index contributed by atoms with van der Waals surface area (Å²) in [6.45, 7) is 1.13. The first-order valence-electron chi connectivity index (χ1n) is 8.21. The van der Waals surface area contributed by atoms with Gasteiger partial charge < -0.3 is 10.6 Å². The highest BCUT2D eigenvalue weighted by Crippen LogP contribution is 2.34. The number of likely N-dealkylation sites (tertiary alicyclic amines) is 1. The third kappa shape index (κ3) is 5.35. The topological polar surface area (TPSA) is 89.5 Å². The summed E-state index contributed by atoms with van der Waals surface area (Å²) in [5.41, 5.74) is 6.15. The molecule has 9 heteroatoms. The van der Waals surface area contributed by atoms with E-state index in [4.69, 9.17) is 17.3 Å². The van der Waals surface area contributed by atoms with Crippen LogP contribution >= 0.6 is 35.8 Å². The van der Waals surface area contributed by atoms with E-state index in [2.05, 4.69) is 0 Å². The lowest BCUT2D eigenvalue weighted by molar-refractivity contribution is -0.384. The molecule has 0 bridgehead atoms. The molecule has 0 spiro atoms. The number of non-ortho nitro benzene ring substituents is 1. The maximum Gasteiger partial charge on any atom is 0.270 e. The van der Waals surface area contributed by atoms with E-state index in [9.17, 15) is 14.9 Å². The van der Waals surface area contributed by atoms with Crippen molar-refractivity contribution in [2.75, 3.05) is 13.1 Å². The summed E-state index contributed by atoms with van der Waals surface area (Å²) in [6.07, 6.45) is 1.47. The largest absolute Gasteiger partial charge is 0.338 e. The van der Waals surface area contributed by atoms with Crippen LogP contribution in [-0.2, 0) is 0 Å². The normalized spacial score (nSPS) is 14.5. The Hall–Kier alpha value is -1.80. The first-order valence-corrected chi connectivity index (χ1v) is 9.40. The minimum atomic E-state index is -0.486. The van der Waals surface area contributed by atoms with E-state index >= 15 is 0 Å². The van der Waals surface area contributed by atoms with Crippen LogP contribution < -0.4 is 5.73 Å². The van der Waals surface area contributed by atoms with Gasteiger partial charge in [-0.1, -0.05) is 23.4 Å². The average molecular weight is 428 g/mol. The van der Waals surface area contributed by atoms with E-state index in [0.717, 1.165) is 17.7 Å². The summed E-state index contributed by atoms with van der Waals surface area (Å²) in [5, 5.41) is 11.8. The van der Waals surface area contributed by atoms with Gasteiger partial charge in [0.05, 0.1) is 10.5 Å². The maximum absolute atomic E-state index is 13.0. The quantitative estimate of drug-likeness (QED) is 0.577. The Labute approximate surface area is 172 Å². The molecule has 1 heterocycles. The van der Waals surface area contributed by atoms with Gasteiger partial charge >= 0.3 is 0 Å². The number of carbonyl (C=O) groups is 1. The molecule has 2 aromatic rings. The molecule has 6 nitrogen and oxygen atoms in total. The molecule has 1 saturated heterocycles. The molecule has 0 aliphatic carbocycles. The van der Waals surface area contributed by atoms with Crippen LogP contribution in [0.25, 0.3) is 0 Å². The number of nitro groups is 1. The Morgan fingerprint density at radius 2 is 1.81 bits per heavy atom. The zero-order chi connectivity index (χ0) is 18.7. The van der Waals surface area contributed by atoms with Crippen LogP contribution in [0.2, 0.25) is 5.02 Å². The van der Waals surface area contributed by atoms with Crippen molar-refractivity contribution in [2.24, 2.45) is 5.73 Å². The summed E-state index contributed by atoms with van der Waals surface area (Å²) in [5.74, 6) is -0.197. The Morgan fingerprint density at radius 3 is 2.41 bits per heavy atom. The first-order chi connectivity index (χ1) is 12.4. The second-order valence-corrected chi connectivity index (χ2v) is 7.67. The number of halogens is 2. The molecule has 27 heavy (non-hydrogen) atoms. The van der Waals surface area contributed by atoms with Crippen molar-refractivity contribution in [1.82, 2.24) is 4.90 Å². The lowest BCUT2D eigenvalue weighted by Crippen LogP contribution is -2.43. The number of hydrogen-bond donors (Lipinski definition) is 1. The number of rotatable bonds is 4. The van der Waals surface area contributed by atoms with Crippen molar-refractivity contribution >= 4 is 47.4 Å². The van der Waals surface area contributed by atoms with Crippen LogP contribution in [0.4, 0.5) is 5.69 Å². The summed E-state index contributed by atoms with van der Waals surface area (Å²) in [4.78, 5) is 26.9. The van der Waals surface area contributed by atoms with Gasteiger partial charge in [-0.2, -0.15) is 0 Å². The molecule has 2 aromatic carbocycles. The molecule has 0 saturated carbocycles. The second-order valence-electron chi connectivity index (χ2n) is 6.12.